The van der Waals surface area contributed by atoms with Crippen LogP contribution in [0.1, 0.15) is 18.9 Å². The second kappa shape index (κ2) is 5.92. The molecule has 28 heavy (non-hydrogen) atoms. The van der Waals surface area contributed by atoms with Crippen molar-refractivity contribution in [3.8, 4) is 16.9 Å². The van der Waals surface area contributed by atoms with E-state index in [-0.39, 0.29) is 11.6 Å². The first-order valence-electron chi connectivity index (χ1n) is 8.97. The van der Waals surface area contributed by atoms with Gasteiger partial charge in [0.2, 0.25) is 0 Å². The third-order valence-electron chi connectivity index (χ3n) is 5.40. The molecule has 3 heterocycles. The summed E-state index contributed by atoms with van der Waals surface area (Å²) in [4.78, 5) is 13.9. The molecule has 1 aliphatic carbocycles. The Morgan fingerprint density at radius 2 is 1.96 bits per heavy atom. The van der Waals surface area contributed by atoms with Crippen LogP contribution in [0.15, 0.2) is 24.5 Å². The lowest BCUT2D eigenvalue weighted by atomic mass is 10.1. The van der Waals surface area contributed by atoms with Gasteiger partial charge in [0.1, 0.15) is 18.0 Å². The Morgan fingerprint density at radius 1 is 1.21 bits per heavy atom. The molecule has 1 amide bonds. The number of aromatic hydroxyl groups is 1. The van der Waals surface area contributed by atoms with E-state index in [9.17, 15) is 18.3 Å². The van der Waals surface area contributed by atoms with Crippen LogP contribution in [-0.4, -0.2) is 59.8 Å². The largest absolute Gasteiger partial charge is 0.506 e. The van der Waals surface area contributed by atoms with Gasteiger partial charge in [-0.15, -0.1) is 0 Å². The van der Waals surface area contributed by atoms with Crippen LogP contribution in [0.4, 0.5) is 10.1 Å². The first-order chi connectivity index (χ1) is 13.3. The number of carbonyl (C=O) groups excluding carboxylic acids is 1. The summed E-state index contributed by atoms with van der Waals surface area (Å²) in [5.41, 5.74) is 0.0265. The number of likely N-dealkylation sites (tertiary alicyclic amines) is 1. The first-order valence-corrected chi connectivity index (χ1v) is 10.4. The fraction of sp³-hybridized carbons (Fsp3) is 0.412. The lowest BCUT2D eigenvalue weighted by molar-refractivity contribution is -0.117. The summed E-state index contributed by atoms with van der Waals surface area (Å²) in [6, 6.07) is 3.50. The first kappa shape index (κ1) is 17.4. The summed E-state index contributed by atoms with van der Waals surface area (Å²) in [7, 11) is -4.24. The van der Waals surface area contributed by atoms with E-state index in [2.05, 4.69) is 10.00 Å². The van der Waals surface area contributed by atoms with E-state index in [4.69, 9.17) is 0 Å². The summed E-state index contributed by atoms with van der Waals surface area (Å²) in [6.07, 6.45) is 5.72. The van der Waals surface area contributed by atoms with Gasteiger partial charge < -0.3 is 5.11 Å². The van der Waals surface area contributed by atoms with Gasteiger partial charge in [-0.05, 0) is 25.0 Å². The minimum Gasteiger partial charge on any atom is -0.506 e. The number of hydrogen-bond donors (Lipinski definition) is 2. The van der Waals surface area contributed by atoms with Crippen molar-refractivity contribution in [3.05, 3.63) is 30.3 Å². The zero-order valence-corrected chi connectivity index (χ0v) is 15.6. The van der Waals surface area contributed by atoms with Crippen molar-refractivity contribution in [1.29, 1.82) is 0 Å². The molecule has 2 aliphatic heterocycles. The van der Waals surface area contributed by atoms with Gasteiger partial charge in [-0.2, -0.15) is 13.5 Å². The van der Waals surface area contributed by atoms with Gasteiger partial charge in [0.05, 0.1) is 12.2 Å². The van der Waals surface area contributed by atoms with Crippen LogP contribution < -0.4 is 9.03 Å². The number of phenols is 1. The van der Waals surface area contributed by atoms with Crippen LogP contribution in [0.3, 0.4) is 0 Å². The molecule has 0 radical (unpaired) electrons. The van der Waals surface area contributed by atoms with Crippen molar-refractivity contribution in [2.45, 2.75) is 24.9 Å². The molecule has 0 atom stereocenters. The van der Waals surface area contributed by atoms with E-state index in [0.717, 1.165) is 13.1 Å². The molecule has 0 bridgehead atoms. The highest BCUT2D eigenvalue weighted by Crippen LogP contribution is 2.39. The van der Waals surface area contributed by atoms with Crippen LogP contribution in [0.2, 0.25) is 0 Å². The number of phenolic OH excluding ortho intramolecular Hbond substituents is 1. The minimum absolute atomic E-state index is 0.104. The fourth-order valence-corrected chi connectivity index (χ4v) is 4.89. The monoisotopic (exact) mass is 407 g/mol. The Balaban J connectivity index is 1.46. The normalized spacial score (nSPS) is 22.3. The van der Waals surface area contributed by atoms with Gasteiger partial charge in [-0.25, -0.2) is 13.4 Å². The third kappa shape index (κ3) is 2.73. The number of amides is 1. The predicted molar refractivity (Wildman–Crippen MR) is 97.3 cm³/mol. The number of carbonyl (C=O) groups is 1. The van der Waals surface area contributed by atoms with Gasteiger partial charge in [0, 0.05) is 36.5 Å². The molecule has 0 unspecified atom stereocenters. The Bertz CT molecular complexity index is 1080. The second-order valence-corrected chi connectivity index (χ2v) is 8.97. The highest BCUT2D eigenvalue weighted by molar-refractivity contribution is 7.92. The maximum Gasteiger partial charge on any atom is 0.326 e. The molecule has 148 valence electrons. The zero-order valence-electron chi connectivity index (χ0n) is 14.7. The summed E-state index contributed by atoms with van der Waals surface area (Å²) in [5, 5.41) is 14.4. The summed E-state index contributed by atoms with van der Waals surface area (Å²) in [5.74, 6) is -2.28. The fourth-order valence-electron chi connectivity index (χ4n) is 3.73. The van der Waals surface area contributed by atoms with Crippen molar-refractivity contribution < 1.29 is 22.7 Å². The number of aromatic nitrogens is 2. The average Bonchev–Trinajstić information content (AvgIpc) is 3.22. The third-order valence-corrected chi connectivity index (χ3v) is 6.78. The molecule has 11 heteroatoms. The molecule has 1 aromatic carbocycles. The van der Waals surface area contributed by atoms with E-state index in [1.165, 1.54) is 31.2 Å². The summed E-state index contributed by atoms with van der Waals surface area (Å²) >= 11 is 0. The number of hydrogen-bond acceptors (Lipinski definition) is 6. The molecule has 2 saturated heterocycles. The number of nitrogens with zero attached hydrogens (tertiary/aromatic N) is 4. The van der Waals surface area contributed by atoms with Crippen molar-refractivity contribution in [2.75, 3.05) is 23.9 Å². The Hall–Kier alpha value is -2.66. The molecular weight excluding hydrogens is 389 g/mol. The van der Waals surface area contributed by atoms with Crippen molar-refractivity contribution in [1.82, 2.24) is 19.4 Å². The number of benzene rings is 1. The number of anilines is 1. The van der Waals surface area contributed by atoms with Gasteiger partial charge in [-0.3, -0.25) is 14.4 Å². The van der Waals surface area contributed by atoms with E-state index in [1.807, 2.05) is 0 Å². The molecule has 1 saturated carbocycles. The smallest absolute Gasteiger partial charge is 0.326 e. The van der Waals surface area contributed by atoms with Gasteiger partial charge in [-0.1, -0.05) is 0 Å². The minimum atomic E-state index is -4.24. The predicted octanol–water partition coefficient (Wildman–Crippen LogP) is 0.595. The SMILES string of the molecule is O=C1CN(c2c(O)ccc(-c3cnn(C4CN(C5CC5)C4)c3)c2F)S(=O)(=O)N1. The van der Waals surface area contributed by atoms with E-state index >= 15 is 4.39 Å². The van der Waals surface area contributed by atoms with Crippen molar-refractivity contribution in [3.63, 3.8) is 0 Å². The Kier molecular flexibility index (Phi) is 3.68. The van der Waals surface area contributed by atoms with Crippen LogP contribution in [0.5, 0.6) is 5.75 Å². The molecule has 1 aromatic heterocycles. The Labute approximate surface area is 160 Å². The van der Waals surface area contributed by atoms with Crippen LogP contribution in [-0.2, 0) is 15.0 Å². The Morgan fingerprint density at radius 3 is 2.61 bits per heavy atom. The molecular formula is C17H18FN5O4S. The highest BCUT2D eigenvalue weighted by atomic mass is 32.2. The highest BCUT2D eigenvalue weighted by Gasteiger charge is 2.40. The number of nitrogens with one attached hydrogen (secondary N) is 1. The summed E-state index contributed by atoms with van der Waals surface area (Å²) < 4.78 is 43.4. The maximum atomic E-state index is 15.2. The van der Waals surface area contributed by atoms with Crippen LogP contribution >= 0.6 is 0 Å². The standard InChI is InChI=1S/C17H18FN5O4S/c18-16-13(3-4-14(24)17(16)23-9-15(25)20-28(23,26)27)10-5-19-22(6-10)12-7-21(8-12)11-1-2-11/h3-6,11-12,24H,1-2,7-9H2,(H,20,25). The lowest BCUT2D eigenvalue weighted by Crippen LogP contribution is -2.48. The molecule has 5 rings (SSSR count). The molecule has 9 nitrogen and oxygen atoms in total. The molecule has 3 aliphatic rings. The van der Waals surface area contributed by atoms with Gasteiger partial charge in [0.15, 0.2) is 5.82 Å². The van der Waals surface area contributed by atoms with Crippen molar-refractivity contribution >= 4 is 21.8 Å². The average molecular weight is 407 g/mol. The molecule has 0 spiro atoms. The second-order valence-electron chi connectivity index (χ2n) is 7.38. The molecule has 3 fully saturated rings. The van der Waals surface area contributed by atoms with Gasteiger partial charge in [0.25, 0.3) is 5.91 Å². The van der Waals surface area contributed by atoms with E-state index < -0.39 is 39.9 Å². The molecule has 2 N–H and O–H groups in total. The lowest BCUT2D eigenvalue weighted by Gasteiger charge is -2.39. The van der Waals surface area contributed by atoms with E-state index in [0.29, 0.717) is 15.9 Å². The zero-order chi connectivity index (χ0) is 19.6. The van der Waals surface area contributed by atoms with E-state index in [1.54, 1.807) is 15.6 Å². The van der Waals surface area contributed by atoms with Crippen molar-refractivity contribution in [2.24, 2.45) is 0 Å². The quantitative estimate of drug-likeness (QED) is 0.768. The van der Waals surface area contributed by atoms with Crippen LogP contribution in [0, 0.1) is 5.82 Å². The molecule has 2 aromatic rings. The number of rotatable bonds is 4. The number of halogens is 1. The summed E-state index contributed by atoms with van der Waals surface area (Å²) in [6.45, 7) is 1.23. The van der Waals surface area contributed by atoms with Gasteiger partial charge >= 0.3 is 10.2 Å². The topological polar surface area (TPSA) is 108 Å². The maximum absolute atomic E-state index is 15.2. The van der Waals surface area contributed by atoms with Crippen LogP contribution in [0.25, 0.3) is 11.1 Å².